The predicted molar refractivity (Wildman–Crippen MR) is 84.0 cm³/mol. The first-order valence-corrected chi connectivity index (χ1v) is 7.78. The third kappa shape index (κ3) is 4.64. The summed E-state index contributed by atoms with van der Waals surface area (Å²) in [6, 6.07) is 8.76. The third-order valence-corrected chi connectivity index (χ3v) is 4.00. The Morgan fingerprint density at radius 1 is 1.20 bits per heavy atom. The number of hydrogen-bond acceptors (Lipinski definition) is 2. The van der Waals surface area contributed by atoms with E-state index in [2.05, 4.69) is 36.6 Å². The van der Waals surface area contributed by atoms with Crippen LogP contribution in [0, 0.1) is 0 Å². The molecule has 0 bridgehead atoms. The first-order chi connectivity index (χ1) is 9.65. The molecular weight excluding hydrogens is 248 g/mol. The Morgan fingerprint density at radius 2 is 1.85 bits per heavy atom. The van der Waals surface area contributed by atoms with Crippen LogP contribution in [0.4, 0.5) is 5.69 Å². The lowest BCUT2D eigenvalue weighted by Gasteiger charge is -2.12. The standard InChI is InChI=1S/C17H26N2O/c1-13(2)14-7-9-16(10-8-14)19-17(20)11-12-18-15-5-3-4-6-15/h7-10,13,15,18H,3-6,11-12H2,1-2H3,(H,19,20). The van der Waals surface area contributed by atoms with Gasteiger partial charge in [0.25, 0.3) is 0 Å². The van der Waals surface area contributed by atoms with Gasteiger partial charge in [0.05, 0.1) is 0 Å². The molecule has 1 aliphatic carbocycles. The van der Waals surface area contributed by atoms with Gasteiger partial charge in [0.15, 0.2) is 0 Å². The average molecular weight is 274 g/mol. The van der Waals surface area contributed by atoms with Crippen LogP contribution < -0.4 is 10.6 Å². The molecule has 2 N–H and O–H groups in total. The fourth-order valence-corrected chi connectivity index (χ4v) is 2.69. The number of carbonyl (C=O) groups is 1. The van der Waals surface area contributed by atoms with Gasteiger partial charge in [-0.05, 0) is 36.5 Å². The van der Waals surface area contributed by atoms with E-state index in [9.17, 15) is 4.79 Å². The van der Waals surface area contributed by atoms with E-state index in [1.165, 1.54) is 31.2 Å². The molecule has 1 aliphatic rings. The lowest BCUT2D eigenvalue weighted by molar-refractivity contribution is -0.116. The average Bonchev–Trinajstić information content (AvgIpc) is 2.92. The summed E-state index contributed by atoms with van der Waals surface area (Å²) < 4.78 is 0. The van der Waals surface area contributed by atoms with Crippen LogP contribution >= 0.6 is 0 Å². The molecule has 1 amide bonds. The number of carbonyl (C=O) groups excluding carboxylic acids is 1. The monoisotopic (exact) mass is 274 g/mol. The van der Waals surface area contributed by atoms with Crippen molar-refractivity contribution >= 4 is 11.6 Å². The maximum absolute atomic E-state index is 11.9. The van der Waals surface area contributed by atoms with Gasteiger partial charge in [-0.25, -0.2) is 0 Å². The quantitative estimate of drug-likeness (QED) is 0.831. The van der Waals surface area contributed by atoms with Crippen molar-refractivity contribution in [3.05, 3.63) is 29.8 Å². The largest absolute Gasteiger partial charge is 0.326 e. The van der Waals surface area contributed by atoms with E-state index < -0.39 is 0 Å². The van der Waals surface area contributed by atoms with Crippen LogP contribution in [-0.4, -0.2) is 18.5 Å². The lowest BCUT2D eigenvalue weighted by atomic mass is 10.0. The zero-order chi connectivity index (χ0) is 14.4. The molecule has 0 radical (unpaired) electrons. The Hall–Kier alpha value is -1.35. The van der Waals surface area contributed by atoms with Gasteiger partial charge in [0.2, 0.25) is 5.91 Å². The minimum atomic E-state index is 0.0905. The summed E-state index contributed by atoms with van der Waals surface area (Å²) in [6.07, 6.45) is 5.72. The fourth-order valence-electron chi connectivity index (χ4n) is 2.69. The Kier molecular flexibility index (Phi) is 5.60. The van der Waals surface area contributed by atoms with Crippen LogP contribution in [0.1, 0.15) is 57.4 Å². The maximum Gasteiger partial charge on any atom is 0.225 e. The van der Waals surface area contributed by atoms with Crippen LogP contribution in [0.15, 0.2) is 24.3 Å². The Bertz CT molecular complexity index is 419. The van der Waals surface area contributed by atoms with E-state index in [1.54, 1.807) is 0 Å². The molecule has 0 atom stereocenters. The first-order valence-electron chi connectivity index (χ1n) is 7.78. The molecular formula is C17H26N2O. The lowest BCUT2D eigenvalue weighted by Crippen LogP contribution is -2.29. The normalized spacial score (nSPS) is 15.8. The number of benzene rings is 1. The highest BCUT2D eigenvalue weighted by molar-refractivity contribution is 5.90. The van der Waals surface area contributed by atoms with Crippen molar-refractivity contribution in [1.29, 1.82) is 0 Å². The van der Waals surface area contributed by atoms with Crippen LogP contribution in [0.2, 0.25) is 0 Å². The van der Waals surface area contributed by atoms with Crippen molar-refractivity contribution in [1.82, 2.24) is 5.32 Å². The van der Waals surface area contributed by atoms with E-state index in [0.717, 1.165) is 12.2 Å². The van der Waals surface area contributed by atoms with E-state index in [1.807, 2.05) is 12.1 Å². The van der Waals surface area contributed by atoms with Crippen molar-refractivity contribution in [2.24, 2.45) is 0 Å². The zero-order valence-electron chi connectivity index (χ0n) is 12.6. The fraction of sp³-hybridized carbons (Fsp3) is 0.588. The second-order valence-corrected chi connectivity index (χ2v) is 6.01. The molecule has 0 aromatic heterocycles. The molecule has 3 heteroatoms. The third-order valence-electron chi connectivity index (χ3n) is 4.00. The highest BCUT2D eigenvalue weighted by atomic mass is 16.1. The summed E-state index contributed by atoms with van der Waals surface area (Å²) in [5.74, 6) is 0.614. The smallest absolute Gasteiger partial charge is 0.225 e. The number of amides is 1. The molecule has 0 spiro atoms. The molecule has 3 nitrogen and oxygen atoms in total. The molecule has 20 heavy (non-hydrogen) atoms. The number of rotatable bonds is 6. The van der Waals surface area contributed by atoms with Gasteiger partial charge in [-0.2, -0.15) is 0 Å². The van der Waals surface area contributed by atoms with Gasteiger partial charge in [-0.1, -0.05) is 38.8 Å². The first kappa shape index (κ1) is 15.0. The topological polar surface area (TPSA) is 41.1 Å². The zero-order valence-corrected chi connectivity index (χ0v) is 12.6. The molecule has 1 fully saturated rings. The van der Waals surface area contributed by atoms with E-state index in [4.69, 9.17) is 0 Å². The second-order valence-electron chi connectivity index (χ2n) is 6.01. The van der Waals surface area contributed by atoms with Crippen LogP contribution in [-0.2, 0) is 4.79 Å². The van der Waals surface area contributed by atoms with Gasteiger partial charge >= 0.3 is 0 Å². The van der Waals surface area contributed by atoms with E-state index >= 15 is 0 Å². The number of anilines is 1. The highest BCUT2D eigenvalue weighted by Gasteiger charge is 2.14. The summed E-state index contributed by atoms with van der Waals surface area (Å²) >= 11 is 0. The summed E-state index contributed by atoms with van der Waals surface area (Å²) in [7, 11) is 0. The maximum atomic E-state index is 11.9. The van der Waals surface area contributed by atoms with Crippen LogP contribution in [0.25, 0.3) is 0 Å². The Balaban J connectivity index is 1.70. The van der Waals surface area contributed by atoms with E-state index in [-0.39, 0.29) is 5.91 Å². The molecule has 1 saturated carbocycles. The summed E-state index contributed by atoms with van der Waals surface area (Å²) in [5, 5.41) is 6.42. The SMILES string of the molecule is CC(C)c1ccc(NC(=O)CCNC2CCCC2)cc1. The molecule has 110 valence electrons. The van der Waals surface area contributed by atoms with Gasteiger partial charge < -0.3 is 10.6 Å². The Morgan fingerprint density at radius 3 is 2.45 bits per heavy atom. The second kappa shape index (κ2) is 7.44. The molecule has 2 rings (SSSR count). The van der Waals surface area contributed by atoms with Crippen LogP contribution in [0.3, 0.4) is 0 Å². The van der Waals surface area contributed by atoms with Crippen LogP contribution in [0.5, 0.6) is 0 Å². The predicted octanol–water partition coefficient (Wildman–Crippen LogP) is 3.67. The van der Waals surface area contributed by atoms with E-state index in [0.29, 0.717) is 18.4 Å². The minimum absolute atomic E-state index is 0.0905. The summed E-state index contributed by atoms with van der Waals surface area (Å²) in [6.45, 7) is 5.12. The molecule has 0 heterocycles. The molecule has 0 aliphatic heterocycles. The van der Waals surface area contributed by atoms with Gasteiger partial charge in [0.1, 0.15) is 0 Å². The minimum Gasteiger partial charge on any atom is -0.326 e. The Labute approximate surface area is 122 Å². The van der Waals surface area contributed by atoms with Crippen molar-refractivity contribution in [3.63, 3.8) is 0 Å². The van der Waals surface area contributed by atoms with Crippen molar-refractivity contribution in [2.45, 2.75) is 57.9 Å². The highest BCUT2D eigenvalue weighted by Crippen LogP contribution is 2.18. The summed E-state index contributed by atoms with van der Waals surface area (Å²) in [4.78, 5) is 11.9. The van der Waals surface area contributed by atoms with Gasteiger partial charge in [-0.15, -0.1) is 0 Å². The van der Waals surface area contributed by atoms with Gasteiger partial charge in [-0.3, -0.25) is 4.79 Å². The van der Waals surface area contributed by atoms with Crippen molar-refractivity contribution in [3.8, 4) is 0 Å². The molecule has 1 aromatic rings. The number of nitrogens with one attached hydrogen (secondary N) is 2. The van der Waals surface area contributed by atoms with Crippen molar-refractivity contribution < 1.29 is 4.79 Å². The van der Waals surface area contributed by atoms with Crippen molar-refractivity contribution in [2.75, 3.05) is 11.9 Å². The molecule has 0 saturated heterocycles. The molecule has 1 aromatic carbocycles. The number of hydrogen-bond donors (Lipinski definition) is 2. The summed E-state index contributed by atoms with van der Waals surface area (Å²) in [5.41, 5.74) is 2.19. The van der Waals surface area contributed by atoms with Gasteiger partial charge in [0, 0.05) is 24.7 Å². The molecule has 0 unspecified atom stereocenters.